The molecule has 3 heterocycles. The molecule has 1 atom stereocenters. The van der Waals surface area contributed by atoms with E-state index in [4.69, 9.17) is 4.74 Å². The van der Waals surface area contributed by atoms with Crippen molar-refractivity contribution in [2.24, 2.45) is 0 Å². The minimum atomic E-state index is -1.31. The first-order chi connectivity index (χ1) is 15.1. The highest BCUT2D eigenvalue weighted by atomic mass is 28.3. The van der Waals surface area contributed by atoms with Crippen LogP contribution in [0, 0.1) is 0 Å². The molecule has 172 valence electrons. The zero-order chi connectivity index (χ0) is 23.2. The van der Waals surface area contributed by atoms with Gasteiger partial charge in [0.05, 0.1) is 22.3 Å². The molecule has 1 unspecified atom stereocenters. The van der Waals surface area contributed by atoms with Gasteiger partial charge in [-0.05, 0) is 24.6 Å². The van der Waals surface area contributed by atoms with Gasteiger partial charge in [-0.15, -0.1) is 0 Å². The summed E-state index contributed by atoms with van der Waals surface area (Å²) in [5.74, 6) is -1.87. The van der Waals surface area contributed by atoms with Crippen LogP contribution >= 0.6 is 0 Å². The van der Waals surface area contributed by atoms with Crippen LogP contribution in [0.4, 0.5) is 5.69 Å². The van der Waals surface area contributed by atoms with Gasteiger partial charge in [-0.25, -0.2) is 9.59 Å². The summed E-state index contributed by atoms with van der Waals surface area (Å²) in [7, 11) is -1.31. The highest BCUT2D eigenvalue weighted by molar-refractivity contribution is 6.76. The lowest BCUT2D eigenvalue weighted by molar-refractivity contribution is -0.157. The van der Waals surface area contributed by atoms with Crippen molar-refractivity contribution in [1.82, 2.24) is 14.0 Å². The van der Waals surface area contributed by atoms with Crippen molar-refractivity contribution < 1.29 is 24.2 Å². The normalized spacial score (nSPS) is 18.8. The molecule has 2 aliphatic heterocycles. The van der Waals surface area contributed by atoms with Crippen molar-refractivity contribution in [2.75, 3.05) is 25.2 Å². The Morgan fingerprint density at radius 3 is 2.69 bits per heavy atom. The smallest absolute Gasteiger partial charge is 0.337 e. The Morgan fingerprint density at radius 1 is 1.25 bits per heavy atom. The molecule has 2 aromatic rings. The number of ether oxygens (including phenoxy) is 1. The van der Waals surface area contributed by atoms with Crippen molar-refractivity contribution >= 4 is 42.6 Å². The van der Waals surface area contributed by atoms with Crippen molar-refractivity contribution in [1.29, 1.82) is 0 Å². The third-order valence-corrected chi connectivity index (χ3v) is 7.71. The maximum Gasteiger partial charge on any atom is 0.337 e. The fraction of sp³-hybridized carbons (Fsp3) is 0.524. The number of nitrogens with one attached hydrogen (secondary N) is 1. The first kappa shape index (κ1) is 22.3. The number of likely N-dealkylation sites (tertiary alicyclic amines) is 1. The number of carbonyl (C=O) groups excluding carboxylic acids is 2. The number of aromatic carboxylic acids is 1. The largest absolute Gasteiger partial charge is 0.478 e. The average Bonchev–Trinajstić information content (AvgIpc) is 3.00. The molecule has 0 bridgehead atoms. The monoisotopic (exact) mass is 460 g/mol. The van der Waals surface area contributed by atoms with Gasteiger partial charge in [0.15, 0.2) is 0 Å². The lowest BCUT2D eigenvalue weighted by Gasteiger charge is -2.31. The van der Waals surface area contributed by atoms with Crippen molar-refractivity contribution in [3.63, 3.8) is 0 Å². The Kier molecular flexibility index (Phi) is 5.71. The van der Waals surface area contributed by atoms with Crippen LogP contribution in [-0.2, 0) is 20.9 Å². The fourth-order valence-electron chi connectivity index (χ4n) is 4.27. The van der Waals surface area contributed by atoms with Gasteiger partial charge in [0.25, 0.3) is 5.91 Å². The molecule has 4 rings (SSSR count). The standard InChI is InChI=1S/C21H28N4O6Si/c1-32(2,3)11-10-31-12-24-16(26)7-6-15(19(24)27)25-14-5-4-13(20(28)29)17-18(14)23(21(25)30)9-8-22-17/h4-5,15,22H,6-12H2,1-3H3,(H,28,29). The van der Waals surface area contributed by atoms with Gasteiger partial charge < -0.3 is 15.2 Å². The van der Waals surface area contributed by atoms with E-state index in [9.17, 15) is 24.3 Å². The maximum absolute atomic E-state index is 13.3. The highest BCUT2D eigenvalue weighted by Gasteiger charge is 2.38. The van der Waals surface area contributed by atoms with Crippen LogP contribution in [0.1, 0.15) is 29.2 Å². The number of hydrogen-bond acceptors (Lipinski definition) is 6. The van der Waals surface area contributed by atoms with E-state index < -0.39 is 26.0 Å². The average molecular weight is 461 g/mol. The van der Waals surface area contributed by atoms with Gasteiger partial charge in [0, 0.05) is 34.2 Å². The Bertz CT molecular complexity index is 1160. The summed E-state index contributed by atoms with van der Waals surface area (Å²) in [5, 5.41) is 12.6. The molecule has 0 spiro atoms. The molecular weight excluding hydrogens is 432 g/mol. The second kappa shape index (κ2) is 8.21. The number of amides is 2. The summed E-state index contributed by atoms with van der Waals surface area (Å²) >= 11 is 0. The molecule has 10 nitrogen and oxygen atoms in total. The molecule has 32 heavy (non-hydrogen) atoms. The lowest BCUT2D eigenvalue weighted by Crippen LogP contribution is -2.48. The number of carboxylic acid groups (broad SMARTS) is 1. The number of piperidine rings is 1. The molecule has 1 aromatic heterocycles. The maximum atomic E-state index is 13.3. The molecule has 2 N–H and O–H groups in total. The number of aromatic nitrogens is 2. The van der Waals surface area contributed by atoms with Crippen molar-refractivity contribution in [3.05, 3.63) is 28.2 Å². The van der Waals surface area contributed by atoms with Gasteiger partial charge in [-0.3, -0.25) is 23.6 Å². The Balaban J connectivity index is 1.67. The summed E-state index contributed by atoms with van der Waals surface area (Å²) in [5.41, 5.74) is 1.03. The summed E-state index contributed by atoms with van der Waals surface area (Å²) in [6, 6.07) is 3.08. The molecule has 1 saturated heterocycles. The van der Waals surface area contributed by atoms with Gasteiger partial charge in [0.1, 0.15) is 12.8 Å². The van der Waals surface area contributed by atoms with Crippen molar-refractivity contribution in [3.8, 4) is 0 Å². The number of carbonyl (C=O) groups is 3. The van der Waals surface area contributed by atoms with Gasteiger partial charge in [-0.2, -0.15) is 0 Å². The SMILES string of the molecule is C[Si](C)(C)CCOCN1C(=O)CCC(n2c(=O)n3c4c(c(C(=O)O)ccc42)NCC3)C1=O. The number of rotatable bonds is 7. The Morgan fingerprint density at radius 2 is 2.00 bits per heavy atom. The second-order valence-electron chi connectivity index (χ2n) is 9.45. The van der Waals surface area contributed by atoms with E-state index in [1.54, 1.807) is 6.07 Å². The molecule has 2 aliphatic rings. The number of hydrogen-bond donors (Lipinski definition) is 2. The van der Waals surface area contributed by atoms with Gasteiger partial charge >= 0.3 is 11.7 Å². The number of nitrogens with zero attached hydrogens (tertiary/aromatic N) is 3. The summed E-state index contributed by atoms with van der Waals surface area (Å²) < 4.78 is 8.55. The predicted molar refractivity (Wildman–Crippen MR) is 121 cm³/mol. The number of imide groups is 1. The quantitative estimate of drug-likeness (QED) is 0.368. The van der Waals surface area contributed by atoms with Crippen LogP contribution in [0.5, 0.6) is 0 Å². The molecule has 2 amide bonds. The number of carboxylic acids is 1. The Hall–Kier alpha value is -2.92. The molecule has 0 radical (unpaired) electrons. The first-order valence-corrected chi connectivity index (χ1v) is 14.5. The lowest BCUT2D eigenvalue weighted by atomic mass is 10.0. The summed E-state index contributed by atoms with van der Waals surface area (Å²) in [6.45, 7) is 7.78. The van der Waals surface area contributed by atoms with Crippen molar-refractivity contribution in [2.45, 2.75) is 51.1 Å². The predicted octanol–water partition coefficient (Wildman–Crippen LogP) is 1.93. The van der Waals surface area contributed by atoms with E-state index in [0.29, 0.717) is 36.4 Å². The van der Waals surface area contributed by atoms with Crippen LogP contribution in [0.25, 0.3) is 11.0 Å². The third kappa shape index (κ3) is 3.86. The van der Waals surface area contributed by atoms with Gasteiger partial charge in [-0.1, -0.05) is 19.6 Å². The van der Waals surface area contributed by atoms with Gasteiger partial charge in [0.2, 0.25) is 5.91 Å². The molecular formula is C21H28N4O6Si. The molecule has 11 heteroatoms. The van der Waals surface area contributed by atoms with Crippen LogP contribution in [0.3, 0.4) is 0 Å². The summed E-state index contributed by atoms with van der Waals surface area (Å²) in [4.78, 5) is 51.7. The van der Waals surface area contributed by atoms with E-state index in [2.05, 4.69) is 25.0 Å². The first-order valence-electron chi connectivity index (χ1n) is 10.8. The molecule has 1 fully saturated rings. The zero-order valence-corrected chi connectivity index (χ0v) is 19.5. The second-order valence-corrected chi connectivity index (χ2v) is 15.1. The fourth-order valence-corrected chi connectivity index (χ4v) is 5.02. The minimum Gasteiger partial charge on any atom is -0.478 e. The van der Waals surface area contributed by atoms with E-state index in [0.717, 1.165) is 10.9 Å². The topological polar surface area (TPSA) is 123 Å². The zero-order valence-electron chi connectivity index (χ0n) is 18.5. The van der Waals surface area contributed by atoms with E-state index in [-0.39, 0.29) is 36.7 Å². The number of anilines is 1. The van der Waals surface area contributed by atoms with Crippen LogP contribution in [-0.4, -0.2) is 64.9 Å². The van der Waals surface area contributed by atoms with E-state index in [1.165, 1.54) is 15.2 Å². The van der Waals surface area contributed by atoms with Crippen LogP contribution in [0.15, 0.2) is 16.9 Å². The molecule has 1 aromatic carbocycles. The minimum absolute atomic E-state index is 0.0747. The molecule has 0 aliphatic carbocycles. The molecule has 0 saturated carbocycles. The van der Waals surface area contributed by atoms with E-state index in [1.807, 2.05) is 0 Å². The van der Waals surface area contributed by atoms with Crippen LogP contribution < -0.4 is 11.0 Å². The highest BCUT2D eigenvalue weighted by Crippen LogP contribution is 2.33. The van der Waals surface area contributed by atoms with Crippen LogP contribution in [0.2, 0.25) is 25.7 Å². The Labute approximate surface area is 185 Å². The third-order valence-electron chi connectivity index (χ3n) is 6.00. The summed E-state index contributed by atoms with van der Waals surface area (Å²) in [6.07, 6.45) is 0.344. The van der Waals surface area contributed by atoms with E-state index >= 15 is 0 Å². The number of imidazole rings is 1. The number of benzene rings is 1.